The third-order valence-corrected chi connectivity index (χ3v) is 2.29. The molecular weight excluding hydrogens is 204 g/mol. The second-order valence-corrected chi connectivity index (χ2v) is 3.81. The Hall–Kier alpha value is -1.55. The quantitative estimate of drug-likeness (QED) is 0.721. The third kappa shape index (κ3) is 5.36. The zero-order valence-corrected chi connectivity index (χ0v) is 9.52. The predicted octanol–water partition coefficient (Wildman–Crippen LogP) is 1.78. The van der Waals surface area contributed by atoms with Crippen LogP contribution in [0.3, 0.4) is 0 Å². The van der Waals surface area contributed by atoms with E-state index in [1.165, 1.54) is 5.56 Å². The molecule has 1 rings (SSSR count). The maximum atomic E-state index is 10.2. The number of nitrogens with one attached hydrogen (secondary N) is 1. The fourth-order valence-electron chi connectivity index (χ4n) is 1.52. The van der Waals surface area contributed by atoms with Crippen molar-refractivity contribution in [3.8, 4) is 0 Å². The molecule has 0 spiro atoms. The Kier molecular flexibility index (Phi) is 5.36. The van der Waals surface area contributed by atoms with E-state index >= 15 is 0 Å². The van der Waals surface area contributed by atoms with Gasteiger partial charge in [-0.05, 0) is 25.6 Å². The van der Waals surface area contributed by atoms with Gasteiger partial charge in [0.15, 0.2) is 0 Å². The third-order valence-electron chi connectivity index (χ3n) is 2.29. The van der Waals surface area contributed by atoms with Crippen LogP contribution in [0.25, 0.3) is 0 Å². The number of hydrogen-bond acceptors (Lipinski definition) is 2. The summed E-state index contributed by atoms with van der Waals surface area (Å²) in [5, 5.41) is 10.7. The lowest BCUT2D eigenvalue weighted by Gasteiger charge is -2.16. The van der Waals surface area contributed by atoms with Gasteiger partial charge in [0.25, 0.3) is 0 Å². The Morgan fingerprint density at radius 2 is 2.06 bits per heavy atom. The fourth-order valence-corrected chi connectivity index (χ4v) is 1.52. The SMILES string of the molecule is CN(CCCNC(=O)O)Cc1ccccc1. The van der Waals surface area contributed by atoms with E-state index in [4.69, 9.17) is 5.11 Å². The molecule has 1 aromatic carbocycles. The number of hydrogen-bond donors (Lipinski definition) is 2. The number of rotatable bonds is 6. The predicted molar refractivity (Wildman–Crippen MR) is 63.4 cm³/mol. The zero-order valence-electron chi connectivity index (χ0n) is 9.52. The first kappa shape index (κ1) is 12.5. The standard InChI is InChI=1S/C12H18N2O2/c1-14(9-5-8-13-12(15)16)10-11-6-3-2-4-7-11/h2-4,6-7,13H,5,8-10H2,1H3,(H,15,16). The van der Waals surface area contributed by atoms with Gasteiger partial charge < -0.3 is 15.3 Å². The summed E-state index contributed by atoms with van der Waals surface area (Å²) in [6, 6.07) is 10.2. The number of nitrogens with zero attached hydrogens (tertiary/aromatic N) is 1. The fraction of sp³-hybridized carbons (Fsp3) is 0.417. The highest BCUT2D eigenvalue weighted by Gasteiger charge is 2.00. The molecule has 4 heteroatoms. The molecular formula is C12H18N2O2. The van der Waals surface area contributed by atoms with Crippen LogP contribution in [-0.4, -0.2) is 36.2 Å². The molecule has 16 heavy (non-hydrogen) atoms. The Bertz CT molecular complexity index is 314. The van der Waals surface area contributed by atoms with Gasteiger partial charge in [0.2, 0.25) is 0 Å². The molecule has 4 nitrogen and oxygen atoms in total. The normalized spacial score (nSPS) is 10.4. The second kappa shape index (κ2) is 6.85. The molecule has 0 aromatic heterocycles. The second-order valence-electron chi connectivity index (χ2n) is 3.81. The molecule has 0 radical (unpaired) electrons. The van der Waals surface area contributed by atoms with Gasteiger partial charge in [0.05, 0.1) is 0 Å². The molecule has 0 bridgehead atoms. The minimum absolute atomic E-state index is 0.508. The van der Waals surface area contributed by atoms with Gasteiger partial charge in [0, 0.05) is 13.1 Å². The van der Waals surface area contributed by atoms with Crippen LogP contribution in [0.15, 0.2) is 30.3 Å². The monoisotopic (exact) mass is 222 g/mol. The molecule has 0 heterocycles. The summed E-state index contributed by atoms with van der Waals surface area (Å²) in [6.45, 7) is 2.29. The number of amides is 1. The highest BCUT2D eigenvalue weighted by molar-refractivity contribution is 5.64. The Labute approximate surface area is 95.9 Å². The first-order valence-electron chi connectivity index (χ1n) is 5.38. The van der Waals surface area contributed by atoms with Crippen LogP contribution in [0, 0.1) is 0 Å². The molecule has 0 aliphatic carbocycles. The molecule has 0 saturated heterocycles. The molecule has 0 saturated carbocycles. The maximum absolute atomic E-state index is 10.2. The van der Waals surface area contributed by atoms with Gasteiger partial charge >= 0.3 is 6.09 Å². The van der Waals surface area contributed by atoms with E-state index in [-0.39, 0.29) is 0 Å². The van der Waals surface area contributed by atoms with E-state index in [0.29, 0.717) is 6.54 Å². The molecule has 0 unspecified atom stereocenters. The lowest BCUT2D eigenvalue weighted by molar-refractivity contribution is 0.193. The van der Waals surface area contributed by atoms with Crippen molar-refractivity contribution >= 4 is 6.09 Å². The molecule has 0 aliphatic rings. The van der Waals surface area contributed by atoms with E-state index in [1.54, 1.807) is 0 Å². The van der Waals surface area contributed by atoms with Gasteiger partial charge in [0.1, 0.15) is 0 Å². The van der Waals surface area contributed by atoms with Crippen molar-refractivity contribution in [3.63, 3.8) is 0 Å². The lowest BCUT2D eigenvalue weighted by atomic mass is 10.2. The maximum Gasteiger partial charge on any atom is 0.404 e. The molecule has 2 N–H and O–H groups in total. The highest BCUT2D eigenvalue weighted by Crippen LogP contribution is 2.02. The first-order valence-corrected chi connectivity index (χ1v) is 5.38. The summed E-state index contributed by atoms with van der Waals surface area (Å²) < 4.78 is 0. The van der Waals surface area contributed by atoms with E-state index in [9.17, 15) is 4.79 Å². The van der Waals surface area contributed by atoms with E-state index in [0.717, 1.165) is 19.5 Å². The molecule has 1 amide bonds. The van der Waals surface area contributed by atoms with Crippen LogP contribution < -0.4 is 5.32 Å². The van der Waals surface area contributed by atoms with Crippen molar-refractivity contribution < 1.29 is 9.90 Å². The van der Waals surface area contributed by atoms with Crippen molar-refractivity contribution in [1.82, 2.24) is 10.2 Å². The molecule has 0 fully saturated rings. The van der Waals surface area contributed by atoms with Gasteiger partial charge in [-0.2, -0.15) is 0 Å². The summed E-state index contributed by atoms with van der Waals surface area (Å²) in [5.41, 5.74) is 1.27. The Morgan fingerprint density at radius 3 is 2.69 bits per heavy atom. The van der Waals surface area contributed by atoms with E-state index in [2.05, 4.69) is 22.3 Å². The van der Waals surface area contributed by atoms with Crippen LogP contribution in [0.4, 0.5) is 4.79 Å². The summed E-state index contributed by atoms with van der Waals surface area (Å²) in [6.07, 6.45) is -0.124. The largest absolute Gasteiger partial charge is 0.465 e. The number of carboxylic acid groups (broad SMARTS) is 1. The van der Waals surface area contributed by atoms with E-state index in [1.807, 2.05) is 25.2 Å². The first-order chi connectivity index (χ1) is 7.68. The molecule has 88 valence electrons. The zero-order chi connectivity index (χ0) is 11.8. The van der Waals surface area contributed by atoms with Crippen molar-refractivity contribution in [2.45, 2.75) is 13.0 Å². The van der Waals surface area contributed by atoms with Gasteiger partial charge in [-0.1, -0.05) is 30.3 Å². The van der Waals surface area contributed by atoms with Crippen molar-refractivity contribution in [2.75, 3.05) is 20.1 Å². The highest BCUT2D eigenvalue weighted by atomic mass is 16.4. The summed E-state index contributed by atoms with van der Waals surface area (Å²) in [5.74, 6) is 0. The Morgan fingerprint density at radius 1 is 1.38 bits per heavy atom. The van der Waals surface area contributed by atoms with Gasteiger partial charge in [-0.25, -0.2) is 4.79 Å². The minimum Gasteiger partial charge on any atom is -0.465 e. The van der Waals surface area contributed by atoms with Crippen LogP contribution in [-0.2, 0) is 6.54 Å². The molecule has 0 aliphatic heterocycles. The van der Waals surface area contributed by atoms with Crippen LogP contribution in [0.1, 0.15) is 12.0 Å². The average Bonchev–Trinajstić information content (AvgIpc) is 2.25. The van der Waals surface area contributed by atoms with Crippen molar-refractivity contribution in [1.29, 1.82) is 0 Å². The summed E-state index contributed by atoms with van der Waals surface area (Å²) in [4.78, 5) is 12.4. The summed E-state index contributed by atoms with van der Waals surface area (Å²) >= 11 is 0. The topological polar surface area (TPSA) is 52.6 Å². The van der Waals surface area contributed by atoms with E-state index < -0.39 is 6.09 Å². The average molecular weight is 222 g/mol. The number of carbonyl (C=O) groups is 1. The minimum atomic E-state index is -0.953. The Balaban J connectivity index is 2.16. The van der Waals surface area contributed by atoms with Gasteiger partial charge in [-0.3, -0.25) is 0 Å². The smallest absolute Gasteiger partial charge is 0.404 e. The van der Waals surface area contributed by atoms with Crippen LogP contribution in [0.2, 0.25) is 0 Å². The molecule has 1 aromatic rings. The number of benzene rings is 1. The summed E-state index contributed by atoms with van der Waals surface area (Å²) in [7, 11) is 2.04. The van der Waals surface area contributed by atoms with Crippen LogP contribution in [0.5, 0.6) is 0 Å². The molecule has 0 atom stereocenters. The van der Waals surface area contributed by atoms with Crippen molar-refractivity contribution in [2.24, 2.45) is 0 Å². The lowest BCUT2D eigenvalue weighted by Crippen LogP contribution is -2.26. The van der Waals surface area contributed by atoms with Gasteiger partial charge in [-0.15, -0.1) is 0 Å². The van der Waals surface area contributed by atoms with Crippen LogP contribution >= 0.6 is 0 Å². The van der Waals surface area contributed by atoms with Crippen molar-refractivity contribution in [3.05, 3.63) is 35.9 Å².